The van der Waals surface area contributed by atoms with E-state index in [1.54, 1.807) is 16.9 Å². The number of halogens is 1. The maximum atomic E-state index is 13.9. The van der Waals surface area contributed by atoms with E-state index < -0.39 is 6.10 Å². The average molecular weight is 402 g/mol. The van der Waals surface area contributed by atoms with E-state index in [2.05, 4.69) is 29.4 Å². The molecule has 5 rings (SSSR count). The van der Waals surface area contributed by atoms with E-state index in [9.17, 15) is 9.50 Å². The van der Waals surface area contributed by atoms with Gasteiger partial charge in [0.2, 0.25) is 0 Å². The third-order valence-corrected chi connectivity index (χ3v) is 5.76. The van der Waals surface area contributed by atoms with Gasteiger partial charge in [0.1, 0.15) is 5.82 Å². The fraction of sp³-hybridized carbons (Fsp3) is 0.240. The number of aliphatic hydroxyl groups excluding tert-OH is 1. The summed E-state index contributed by atoms with van der Waals surface area (Å²) in [6.45, 7) is 0.583. The lowest BCUT2D eigenvalue weighted by Gasteiger charge is -2.22. The zero-order valence-corrected chi connectivity index (χ0v) is 16.5. The summed E-state index contributed by atoms with van der Waals surface area (Å²) in [5.74, 6) is -0.217. The molecule has 5 heteroatoms. The molecule has 0 aliphatic heterocycles. The second-order valence-corrected chi connectivity index (χ2v) is 7.90. The fourth-order valence-electron chi connectivity index (χ4n) is 4.28. The van der Waals surface area contributed by atoms with Crippen LogP contribution < -0.4 is 0 Å². The summed E-state index contributed by atoms with van der Waals surface area (Å²) in [5.41, 5.74) is 4.33. The standard InChI is InChI=1S/C25H23FN2O2/c26-22-7-6-19-14-25(30-16-23(29)15-28-9-3-8-27-28)24-13-18-5-2-1-4-17(18)10-21(24)11-20(19)12-22/h1-10,12-13,23,25,29H,11,14-16H2. The highest BCUT2D eigenvalue weighted by molar-refractivity contribution is 5.84. The lowest BCUT2D eigenvalue weighted by atomic mass is 9.95. The van der Waals surface area contributed by atoms with Gasteiger partial charge in [-0.05, 0) is 63.7 Å². The number of hydrogen-bond acceptors (Lipinski definition) is 3. The molecule has 0 fully saturated rings. The summed E-state index contributed by atoms with van der Waals surface area (Å²) in [5, 5.41) is 16.9. The van der Waals surface area contributed by atoms with Gasteiger partial charge in [-0.1, -0.05) is 36.4 Å². The minimum atomic E-state index is -0.662. The second kappa shape index (κ2) is 8.01. The fourth-order valence-corrected chi connectivity index (χ4v) is 4.28. The van der Waals surface area contributed by atoms with Crippen LogP contribution in [0.1, 0.15) is 28.4 Å². The number of aliphatic hydroxyl groups is 1. The first-order valence-corrected chi connectivity index (χ1v) is 10.2. The molecule has 2 unspecified atom stereocenters. The van der Waals surface area contributed by atoms with Gasteiger partial charge in [-0.3, -0.25) is 4.68 Å². The highest BCUT2D eigenvalue weighted by atomic mass is 19.1. The second-order valence-electron chi connectivity index (χ2n) is 7.90. The van der Waals surface area contributed by atoms with Gasteiger partial charge in [0.05, 0.1) is 25.4 Å². The molecular weight excluding hydrogens is 379 g/mol. The van der Waals surface area contributed by atoms with E-state index >= 15 is 0 Å². The molecule has 1 N–H and O–H groups in total. The van der Waals surface area contributed by atoms with Crippen LogP contribution in [-0.4, -0.2) is 27.6 Å². The summed E-state index contributed by atoms with van der Waals surface area (Å²) >= 11 is 0. The Labute approximate surface area is 174 Å². The number of hydrogen-bond donors (Lipinski definition) is 1. The Morgan fingerprint density at radius 1 is 1.03 bits per heavy atom. The summed E-state index contributed by atoms with van der Waals surface area (Å²) in [6.07, 6.45) is 3.96. The van der Waals surface area contributed by atoms with Gasteiger partial charge in [-0.25, -0.2) is 4.39 Å². The molecule has 0 radical (unpaired) electrons. The van der Waals surface area contributed by atoms with Crippen LogP contribution in [0.4, 0.5) is 4.39 Å². The summed E-state index contributed by atoms with van der Waals surface area (Å²) in [4.78, 5) is 0. The molecular formula is C25H23FN2O2. The zero-order valence-electron chi connectivity index (χ0n) is 16.5. The average Bonchev–Trinajstić information content (AvgIpc) is 3.20. The molecule has 2 atom stereocenters. The lowest BCUT2D eigenvalue weighted by Crippen LogP contribution is -2.24. The zero-order chi connectivity index (χ0) is 20.5. The van der Waals surface area contributed by atoms with Crippen molar-refractivity contribution in [2.75, 3.05) is 6.61 Å². The van der Waals surface area contributed by atoms with Crippen molar-refractivity contribution in [2.45, 2.75) is 31.6 Å². The van der Waals surface area contributed by atoms with E-state index in [1.807, 2.05) is 30.5 Å². The molecule has 1 aliphatic rings. The molecule has 0 saturated carbocycles. The van der Waals surface area contributed by atoms with Crippen molar-refractivity contribution in [3.8, 4) is 0 Å². The van der Waals surface area contributed by atoms with E-state index in [-0.39, 0.29) is 18.5 Å². The van der Waals surface area contributed by atoms with Gasteiger partial charge in [0.15, 0.2) is 0 Å². The van der Waals surface area contributed by atoms with Gasteiger partial charge in [-0.2, -0.15) is 5.10 Å². The van der Waals surface area contributed by atoms with Crippen LogP contribution in [0, 0.1) is 5.82 Å². The molecule has 4 nitrogen and oxygen atoms in total. The van der Waals surface area contributed by atoms with Gasteiger partial charge < -0.3 is 9.84 Å². The third kappa shape index (κ3) is 3.86. The summed E-state index contributed by atoms with van der Waals surface area (Å²) < 4.78 is 21.9. The monoisotopic (exact) mass is 402 g/mol. The van der Waals surface area contributed by atoms with Gasteiger partial charge in [-0.15, -0.1) is 0 Å². The summed E-state index contributed by atoms with van der Waals surface area (Å²) in [6, 6.07) is 19.4. The van der Waals surface area contributed by atoms with Crippen molar-refractivity contribution < 1.29 is 14.2 Å². The molecule has 30 heavy (non-hydrogen) atoms. The Balaban J connectivity index is 1.47. The Kier molecular flexibility index (Phi) is 5.07. The van der Waals surface area contributed by atoms with Crippen LogP contribution in [0.5, 0.6) is 0 Å². The molecule has 1 aromatic heterocycles. The molecule has 1 heterocycles. The van der Waals surface area contributed by atoms with Gasteiger partial charge in [0.25, 0.3) is 0 Å². The van der Waals surface area contributed by atoms with Gasteiger partial charge >= 0.3 is 0 Å². The van der Waals surface area contributed by atoms with E-state index in [4.69, 9.17) is 4.74 Å². The van der Waals surface area contributed by atoms with E-state index in [0.717, 1.165) is 33.0 Å². The van der Waals surface area contributed by atoms with Crippen LogP contribution in [0.25, 0.3) is 10.8 Å². The van der Waals surface area contributed by atoms with Crippen LogP contribution in [-0.2, 0) is 24.1 Å². The number of fused-ring (bicyclic) bond motifs is 3. The number of benzene rings is 3. The molecule has 3 aromatic carbocycles. The lowest BCUT2D eigenvalue weighted by molar-refractivity contribution is -0.0170. The maximum Gasteiger partial charge on any atom is 0.123 e. The van der Waals surface area contributed by atoms with Crippen LogP contribution in [0.3, 0.4) is 0 Å². The van der Waals surface area contributed by atoms with Crippen molar-refractivity contribution in [3.63, 3.8) is 0 Å². The van der Waals surface area contributed by atoms with Crippen molar-refractivity contribution in [1.82, 2.24) is 9.78 Å². The Morgan fingerprint density at radius 2 is 1.87 bits per heavy atom. The first kappa shape index (κ1) is 19.0. The quantitative estimate of drug-likeness (QED) is 0.537. The van der Waals surface area contributed by atoms with Crippen molar-refractivity contribution in [2.24, 2.45) is 0 Å². The van der Waals surface area contributed by atoms with E-state index in [1.165, 1.54) is 6.07 Å². The molecule has 1 aliphatic carbocycles. The largest absolute Gasteiger partial charge is 0.389 e. The highest BCUT2D eigenvalue weighted by Gasteiger charge is 2.24. The normalized spacial score (nSPS) is 16.7. The number of rotatable bonds is 5. The van der Waals surface area contributed by atoms with Gasteiger partial charge in [0, 0.05) is 18.8 Å². The van der Waals surface area contributed by atoms with Crippen LogP contribution in [0.2, 0.25) is 0 Å². The summed E-state index contributed by atoms with van der Waals surface area (Å²) in [7, 11) is 0. The van der Waals surface area contributed by atoms with Crippen molar-refractivity contribution in [1.29, 1.82) is 0 Å². The SMILES string of the molecule is OC(COC1Cc2ccc(F)cc2Cc2cc3ccccc3cc21)Cn1cccn1. The highest BCUT2D eigenvalue weighted by Crippen LogP contribution is 2.35. The maximum absolute atomic E-state index is 13.9. The predicted molar refractivity (Wildman–Crippen MR) is 114 cm³/mol. The predicted octanol–water partition coefficient (Wildman–Crippen LogP) is 4.44. The molecule has 0 spiro atoms. The minimum absolute atomic E-state index is 0.202. The van der Waals surface area contributed by atoms with Crippen molar-refractivity contribution in [3.05, 3.63) is 101 Å². The first-order valence-electron chi connectivity index (χ1n) is 10.2. The molecule has 152 valence electrons. The van der Waals surface area contributed by atoms with E-state index in [0.29, 0.717) is 19.4 Å². The topological polar surface area (TPSA) is 47.3 Å². The Morgan fingerprint density at radius 3 is 2.67 bits per heavy atom. The molecule has 0 amide bonds. The Bertz CT molecular complexity index is 1170. The smallest absolute Gasteiger partial charge is 0.123 e. The number of nitrogens with zero attached hydrogens (tertiary/aromatic N) is 2. The number of ether oxygens (including phenoxy) is 1. The van der Waals surface area contributed by atoms with Crippen LogP contribution in [0.15, 0.2) is 73.1 Å². The third-order valence-electron chi connectivity index (χ3n) is 5.76. The molecule has 0 saturated heterocycles. The van der Waals surface area contributed by atoms with Crippen molar-refractivity contribution >= 4 is 10.8 Å². The minimum Gasteiger partial charge on any atom is -0.389 e. The molecule has 4 aromatic rings. The van der Waals surface area contributed by atoms with Crippen LogP contribution >= 0.6 is 0 Å². The Hall–Kier alpha value is -3.02. The number of aromatic nitrogens is 2. The molecule has 0 bridgehead atoms. The first-order chi connectivity index (χ1) is 14.7.